The van der Waals surface area contributed by atoms with E-state index in [9.17, 15) is 24.3 Å². The molecule has 5 saturated carbocycles. The highest BCUT2D eigenvalue weighted by Gasteiger charge is 2.72. The van der Waals surface area contributed by atoms with Gasteiger partial charge in [-0.1, -0.05) is 74.8 Å². The van der Waals surface area contributed by atoms with Gasteiger partial charge in [0.15, 0.2) is 0 Å². The molecule has 11 atom stereocenters. The Bertz CT molecular complexity index is 1530. The van der Waals surface area contributed by atoms with E-state index in [1.807, 2.05) is 21.6 Å². The predicted octanol–water partition coefficient (Wildman–Crippen LogP) is 10.0. The van der Waals surface area contributed by atoms with Crippen LogP contribution in [0, 0.1) is 62.1 Å². The molecule has 3 N–H and O–H groups in total. The SMILES string of the molecule is C=C(C)[C@@H]1CC[C@]2(C(=O)NCCNC(=O)CCCCC3CCSS3)CC[C@]3(C)[C@H](CC[C@@H]4[C@@]5(C)CC[C@H](OC(=O)CC(C)(C)C(=O)O)C(C)(C)[C@@H]5CC[C@]43C)[C@@H]12. The molecule has 10 heteroatoms. The summed E-state index contributed by atoms with van der Waals surface area (Å²) < 4.78 is 6.18. The van der Waals surface area contributed by atoms with E-state index >= 15 is 0 Å². The van der Waals surface area contributed by atoms with Gasteiger partial charge in [0.05, 0.1) is 17.3 Å². The van der Waals surface area contributed by atoms with E-state index in [1.165, 1.54) is 24.2 Å². The molecule has 0 aromatic heterocycles. The number of esters is 1. The summed E-state index contributed by atoms with van der Waals surface area (Å²) in [6, 6.07) is 0. The molecule has 2 amide bonds. The fourth-order valence-electron chi connectivity index (χ4n) is 14.2. The molecular weight excluding hydrogens is 741 g/mol. The van der Waals surface area contributed by atoms with Gasteiger partial charge in [-0.2, -0.15) is 0 Å². The van der Waals surface area contributed by atoms with Gasteiger partial charge in [0.1, 0.15) is 6.10 Å². The number of hydrogen-bond acceptors (Lipinski definition) is 7. The van der Waals surface area contributed by atoms with E-state index in [0.717, 1.165) is 82.3 Å². The maximum atomic E-state index is 14.5. The molecule has 0 aromatic rings. The number of hydrogen-bond donors (Lipinski definition) is 3. The van der Waals surface area contributed by atoms with E-state index in [0.29, 0.717) is 43.2 Å². The highest BCUT2D eigenvalue weighted by molar-refractivity contribution is 8.77. The smallest absolute Gasteiger partial charge is 0.309 e. The highest BCUT2D eigenvalue weighted by atomic mass is 33.1. The average Bonchev–Trinajstić information content (AvgIpc) is 3.79. The normalized spacial score (nSPS) is 40.0. The summed E-state index contributed by atoms with van der Waals surface area (Å²) in [5.74, 6) is 2.12. The fourth-order valence-corrected chi connectivity index (χ4v) is 17.2. The largest absolute Gasteiger partial charge is 0.481 e. The Labute approximate surface area is 346 Å². The Kier molecular flexibility index (Phi) is 12.9. The molecule has 5 aliphatic carbocycles. The molecule has 6 fully saturated rings. The molecule has 1 unspecified atom stereocenters. The van der Waals surface area contributed by atoms with E-state index in [-0.39, 0.29) is 51.9 Å². The molecule has 6 aliphatic rings. The standard InChI is InChI=1S/C46H74N2O6S2/c1-29(2)31-16-22-46(39(51)48-26-25-47-36(49)13-11-10-12-30-19-27-55-56-30)24-23-44(8)32(38(31)46)14-15-34-43(7)20-18-35(54-37(50)28-41(3,4)40(52)53)42(5,6)33(43)17-21-45(34,44)9/h30-35,38H,1,10-28H2,2-9H3,(H,47,49)(H,48,51)(H,52,53)/t30?,31-,32+,33-,34+,35-,38+,43-,44+,45+,46-/m0/s1. The number of nitrogens with one attached hydrogen (secondary N) is 2. The van der Waals surface area contributed by atoms with Gasteiger partial charge < -0.3 is 20.5 Å². The summed E-state index contributed by atoms with van der Waals surface area (Å²) in [7, 11) is 3.97. The van der Waals surface area contributed by atoms with Gasteiger partial charge >= 0.3 is 11.9 Å². The lowest BCUT2D eigenvalue weighted by atomic mass is 9.32. The van der Waals surface area contributed by atoms with Gasteiger partial charge in [-0.25, -0.2) is 0 Å². The van der Waals surface area contributed by atoms with Crippen LogP contribution in [0.4, 0.5) is 0 Å². The number of carboxylic acids is 1. The first-order chi connectivity index (χ1) is 26.2. The quantitative estimate of drug-likeness (QED) is 0.0686. The molecule has 56 heavy (non-hydrogen) atoms. The topological polar surface area (TPSA) is 122 Å². The zero-order valence-corrected chi connectivity index (χ0v) is 37.6. The number of ether oxygens (including phenoxy) is 1. The van der Waals surface area contributed by atoms with Crippen molar-refractivity contribution in [1.82, 2.24) is 10.6 Å². The van der Waals surface area contributed by atoms with Gasteiger partial charge in [0, 0.05) is 35.9 Å². The van der Waals surface area contributed by atoms with Crippen molar-refractivity contribution < 1.29 is 29.0 Å². The van der Waals surface area contributed by atoms with E-state index < -0.39 is 22.8 Å². The molecule has 316 valence electrons. The van der Waals surface area contributed by atoms with Crippen molar-refractivity contribution in [2.24, 2.45) is 62.1 Å². The molecule has 0 radical (unpaired) electrons. The minimum absolute atomic E-state index is 0.0893. The van der Waals surface area contributed by atoms with E-state index in [2.05, 4.69) is 58.8 Å². The van der Waals surface area contributed by atoms with E-state index in [1.54, 1.807) is 13.8 Å². The Morgan fingerprint density at radius 1 is 0.839 bits per heavy atom. The molecule has 6 rings (SSSR count). The second-order valence-electron chi connectivity index (χ2n) is 21.2. The van der Waals surface area contributed by atoms with Crippen LogP contribution in [-0.2, 0) is 23.9 Å². The van der Waals surface area contributed by atoms with Gasteiger partial charge in [-0.15, -0.1) is 0 Å². The van der Waals surface area contributed by atoms with Crippen molar-refractivity contribution in [2.45, 2.75) is 169 Å². The fraction of sp³-hybridized carbons (Fsp3) is 0.870. The Morgan fingerprint density at radius 2 is 1.57 bits per heavy atom. The molecule has 1 heterocycles. The van der Waals surface area contributed by atoms with Crippen molar-refractivity contribution in [3.8, 4) is 0 Å². The van der Waals surface area contributed by atoms with Crippen molar-refractivity contribution in [1.29, 1.82) is 0 Å². The third-order valence-electron chi connectivity index (χ3n) is 17.5. The summed E-state index contributed by atoms with van der Waals surface area (Å²) >= 11 is 0. The van der Waals surface area contributed by atoms with Crippen molar-refractivity contribution in [2.75, 3.05) is 18.8 Å². The summed E-state index contributed by atoms with van der Waals surface area (Å²) in [6.07, 6.45) is 14.9. The Morgan fingerprint density at radius 3 is 2.25 bits per heavy atom. The predicted molar refractivity (Wildman–Crippen MR) is 228 cm³/mol. The first-order valence-electron chi connectivity index (χ1n) is 22.1. The van der Waals surface area contributed by atoms with Gasteiger partial charge in [-0.05, 0) is 150 Å². The van der Waals surface area contributed by atoms with Crippen molar-refractivity contribution in [3.05, 3.63) is 12.2 Å². The number of rotatable bonds is 14. The van der Waals surface area contributed by atoms with Crippen molar-refractivity contribution >= 4 is 45.3 Å². The zero-order chi connectivity index (χ0) is 40.9. The van der Waals surface area contributed by atoms with Gasteiger partial charge in [0.2, 0.25) is 11.8 Å². The summed E-state index contributed by atoms with van der Waals surface area (Å²) in [6.45, 7) is 23.1. The third kappa shape index (κ3) is 7.75. The molecule has 0 spiro atoms. The molecule has 1 aliphatic heterocycles. The summed E-state index contributed by atoms with van der Waals surface area (Å²) in [4.78, 5) is 52.0. The maximum absolute atomic E-state index is 14.5. The molecule has 8 nitrogen and oxygen atoms in total. The van der Waals surface area contributed by atoms with Crippen LogP contribution in [0.1, 0.15) is 158 Å². The monoisotopic (exact) mass is 814 g/mol. The molecule has 0 bridgehead atoms. The number of allylic oxidation sites excluding steroid dienone is 1. The number of amides is 2. The van der Waals surface area contributed by atoms with Crippen molar-refractivity contribution in [3.63, 3.8) is 0 Å². The summed E-state index contributed by atoms with van der Waals surface area (Å²) in [5, 5.41) is 16.8. The highest BCUT2D eigenvalue weighted by Crippen LogP contribution is 2.77. The lowest BCUT2D eigenvalue weighted by Crippen LogP contribution is -2.67. The average molecular weight is 815 g/mol. The van der Waals surface area contributed by atoms with Crippen LogP contribution in [0.15, 0.2) is 12.2 Å². The van der Waals surface area contributed by atoms with Crippen LogP contribution >= 0.6 is 21.6 Å². The maximum Gasteiger partial charge on any atom is 0.309 e. The van der Waals surface area contributed by atoms with Gasteiger partial charge in [0.25, 0.3) is 0 Å². The third-order valence-corrected chi connectivity index (χ3v) is 20.5. The minimum atomic E-state index is -1.16. The Balaban J connectivity index is 1.12. The Hall–Kier alpha value is -1.68. The second-order valence-corrected chi connectivity index (χ2v) is 24.0. The first kappa shape index (κ1) is 43.9. The van der Waals surface area contributed by atoms with E-state index in [4.69, 9.17) is 4.74 Å². The van der Waals surface area contributed by atoms with Crippen LogP contribution in [0.3, 0.4) is 0 Å². The van der Waals surface area contributed by atoms with Crippen LogP contribution in [0.2, 0.25) is 0 Å². The van der Waals surface area contributed by atoms with Crippen LogP contribution in [0.25, 0.3) is 0 Å². The number of carboxylic acid groups (broad SMARTS) is 1. The second kappa shape index (κ2) is 16.4. The number of unbranched alkanes of at least 4 members (excludes halogenated alkanes) is 1. The zero-order valence-electron chi connectivity index (χ0n) is 36.0. The number of carbonyl (C=O) groups excluding carboxylic acids is 3. The summed E-state index contributed by atoms with van der Waals surface area (Å²) in [5.41, 5.74) is -0.241. The molecule has 1 saturated heterocycles. The molecular formula is C46H74N2O6S2. The lowest BCUT2D eigenvalue weighted by molar-refractivity contribution is -0.249. The number of fused-ring (bicyclic) bond motifs is 7. The number of aliphatic carboxylic acids is 1. The van der Waals surface area contributed by atoms with Crippen LogP contribution in [0.5, 0.6) is 0 Å². The van der Waals surface area contributed by atoms with Crippen LogP contribution in [-0.4, -0.2) is 59.1 Å². The molecule has 0 aromatic carbocycles. The lowest BCUT2D eigenvalue weighted by Gasteiger charge is -2.72. The minimum Gasteiger partial charge on any atom is -0.481 e. The number of carbonyl (C=O) groups is 4. The van der Waals surface area contributed by atoms with Gasteiger partial charge in [-0.3, -0.25) is 19.2 Å². The first-order valence-corrected chi connectivity index (χ1v) is 24.5. The van der Waals surface area contributed by atoms with Crippen LogP contribution < -0.4 is 10.6 Å².